The smallest absolute Gasteiger partial charge is 0.0565 e. The van der Waals surface area contributed by atoms with Crippen LogP contribution >= 0.6 is 11.6 Å². The van der Waals surface area contributed by atoms with E-state index in [4.69, 9.17) is 11.6 Å². The van der Waals surface area contributed by atoms with Crippen LogP contribution in [0.5, 0.6) is 0 Å². The quantitative estimate of drug-likeness (QED) is 0.739. The van der Waals surface area contributed by atoms with Gasteiger partial charge in [0, 0.05) is 29.2 Å². The number of likely N-dealkylation sites (tertiary alicyclic amines) is 1. The lowest BCUT2D eigenvalue weighted by Gasteiger charge is -2.34. The molecular formula is C20H20ClN3. The average molecular weight is 338 g/mol. The molecule has 1 aliphatic heterocycles. The van der Waals surface area contributed by atoms with Gasteiger partial charge >= 0.3 is 0 Å². The number of hydrogen-bond donors (Lipinski definition) is 1. The van der Waals surface area contributed by atoms with Crippen molar-refractivity contribution in [2.45, 2.75) is 12.3 Å². The summed E-state index contributed by atoms with van der Waals surface area (Å²) in [5.74, 6) is 0.376. The molecule has 2 aromatic carbocycles. The van der Waals surface area contributed by atoms with E-state index in [1.807, 2.05) is 24.5 Å². The molecule has 3 nitrogen and oxygen atoms in total. The summed E-state index contributed by atoms with van der Waals surface area (Å²) in [5.41, 5.74) is 4.97. The van der Waals surface area contributed by atoms with Gasteiger partial charge in [-0.1, -0.05) is 48.0 Å². The summed E-state index contributed by atoms with van der Waals surface area (Å²) in [6.07, 6.45) is 5.09. The summed E-state index contributed by atoms with van der Waals surface area (Å²) < 4.78 is 0. The Labute approximate surface area is 147 Å². The van der Waals surface area contributed by atoms with Crippen molar-refractivity contribution in [2.24, 2.45) is 0 Å². The molecule has 1 N–H and O–H groups in total. The van der Waals surface area contributed by atoms with Gasteiger partial charge in [-0.25, -0.2) is 0 Å². The Kier molecular flexibility index (Phi) is 4.37. The van der Waals surface area contributed by atoms with Gasteiger partial charge in [-0.15, -0.1) is 0 Å². The first kappa shape index (κ1) is 15.4. The van der Waals surface area contributed by atoms with Crippen molar-refractivity contribution in [1.82, 2.24) is 15.1 Å². The van der Waals surface area contributed by atoms with Gasteiger partial charge < -0.3 is 4.90 Å². The fourth-order valence-electron chi connectivity index (χ4n) is 3.24. The lowest BCUT2D eigenvalue weighted by molar-refractivity contribution is 0.176. The predicted molar refractivity (Wildman–Crippen MR) is 98.4 cm³/mol. The van der Waals surface area contributed by atoms with Gasteiger partial charge in [0.15, 0.2) is 0 Å². The van der Waals surface area contributed by atoms with Gasteiger partial charge in [0.25, 0.3) is 0 Å². The molecule has 4 rings (SSSR count). The Morgan fingerprint density at radius 1 is 0.958 bits per heavy atom. The molecule has 2 heterocycles. The predicted octanol–water partition coefficient (Wildman–Crippen LogP) is 4.57. The fraction of sp³-hybridized carbons (Fsp3) is 0.250. The highest BCUT2D eigenvalue weighted by Gasteiger charge is 2.22. The van der Waals surface area contributed by atoms with Gasteiger partial charge in [0.2, 0.25) is 0 Å². The lowest BCUT2D eigenvalue weighted by Crippen LogP contribution is -2.40. The molecule has 1 unspecified atom stereocenters. The van der Waals surface area contributed by atoms with Crippen molar-refractivity contribution in [3.8, 4) is 11.1 Å². The maximum Gasteiger partial charge on any atom is 0.0565 e. The van der Waals surface area contributed by atoms with E-state index in [2.05, 4.69) is 51.5 Å². The minimum absolute atomic E-state index is 0.376. The first-order valence-corrected chi connectivity index (χ1v) is 8.74. The molecule has 0 bridgehead atoms. The number of aromatic amines is 1. The zero-order valence-electron chi connectivity index (χ0n) is 13.5. The second-order valence-electron chi connectivity index (χ2n) is 6.37. The Bertz CT molecular complexity index is 775. The molecule has 24 heavy (non-hydrogen) atoms. The third kappa shape index (κ3) is 3.23. The second kappa shape index (κ2) is 6.80. The second-order valence-corrected chi connectivity index (χ2v) is 6.80. The van der Waals surface area contributed by atoms with Crippen molar-refractivity contribution in [1.29, 1.82) is 0 Å². The summed E-state index contributed by atoms with van der Waals surface area (Å²) in [4.78, 5) is 2.52. The first-order valence-electron chi connectivity index (χ1n) is 8.36. The molecule has 1 saturated heterocycles. The summed E-state index contributed by atoms with van der Waals surface area (Å²) in [7, 11) is 0. The van der Waals surface area contributed by atoms with Crippen LogP contribution in [0, 0.1) is 0 Å². The molecule has 1 fully saturated rings. The van der Waals surface area contributed by atoms with E-state index in [1.54, 1.807) is 0 Å². The van der Waals surface area contributed by atoms with Crippen LogP contribution in [0.1, 0.15) is 23.5 Å². The average Bonchev–Trinajstić information content (AvgIpc) is 3.10. The Balaban J connectivity index is 1.63. The molecular weight excluding hydrogens is 318 g/mol. The van der Waals surface area contributed by atoms with Gasteiger partial charge in [0.1, 0.15) is 0 Å². The van der Waals surface area contributed by atoms with Crippen LogP contribution in [0.3, 0.4) is 0 Å². The van der Waals surface area contributed by atoms with Crippen LogP contribution in [0.2, 0.25) is 5.02 Å². The number of halogens is 1. The summed E-state index contributed by atoms with van der Waals surface area (Å²) >= 11 is 6.07. The third-order valence-electron chi connectivity index (χ3n) is 4.81. The normalized spacial score (nSPS) is 15.9. The lowest BCUT2D eigenvalue weighted by atomic mass is 9.89. The van der Waals surface area contributed by atoms with Crippen molar-refractivity contribution >= 4 is 11.6 Å². The highest BCUT2D eigenvalue weighted by Crippen LogP contribution is 2.30. The van der Waals surface area contributed by atoms with Crippen LogP contribution in [-0.2, 0) is 0 Å². The highest BCUT2D eigenvalue weighted by molar-refractivity contribution is 6.30. The molecule has 0 aliphatic carbocycles. The number of hydrogen-bond acceptors (Lipinski definition) is 2. The van der Waals surface area contributed by atoms with Crippen LogP contribution in [0.4, 0.5) is 0 Å². The van der Waals surface area contributed by atoms with Crippen molar-refractivity contribution < 1.29 is 0 Å². The number of aromatic nitrogens is 2. The van der Waals surface area contributed by atoms with Crippen LogP contribution in [0.25, 0.3) is 11.1 Å². The molecule has 1 aliphatic rings. The summed E-state index contributed by atoms with van der Waals surface area (Å²) in [6, 6.07) is 17.1. The Morgan fingerprint density at radius 2 is 1.62 bits per heavy atom. The van der Waals surface area contributed by atoms with E-state index >= 15 is 0 Å². The zero-order valence-corrected chi connectivity index (χ0v) is 14.2. The highest BCUT2D eigenvalue weighted by atomic mass is 35.5. The molecule has 122 valence electrons. The van der Waals surface area contributed by atoms with Crippen LogP contribution in [0.15, 0.2) is 60.9 Å². The number of benzene rings is 2. The first-order chi connectivity index (χ1) is 11.8. The molecule has 0 saturated carbocycles. The largest absolute Gasteiger partial charge is 0.302 e. The molecule has 3 aromatic rings. The minimum atomic E-state index is 0.376. The molecule has 1 aromatic heterocycles. The van der Waals surface area contributed by atoms with Crippen molar-refractivity contribution in [2.75, 3.05) is 19.6 Å². The standard InChI is InChI=1S/C20H20ClN3/c21-19-8-6-17(7-9-19)20(14-24-10-1-11-24)16-4-2-15(3-5-16)18-12-22-23-13-18/h2-9,12-13,20H,1,10-11,14H2,(H,22,23). The van der Waals surface area contributed by atoms with E-state index in [1.165, 1.54) is 36.2 Å². The van der Waals surface area contributed by atoms with E-state index in [0.29, 0.717) is 5.92 Å². The summed E-state index contributed by atoms with van der Waals surface area (Å²) in [5, 5.41) is 7.68. The van der Waals surface area contributed by atoms with E-state index in [9.17, 15) is 0 Å². The molecule has 4 heteroatoms. The summed E-state index contributed by atoms with van der Waals surface area (Å²) in [6.45, 7) is 3.47. The minimum Gasteiger partial charge on any atom is -0.302 e. The molecule has 0 spiro atoms. The molecule has 1 atom stereocenters. The number of nitrogens with zero attached hydrogens (tertiary/aromatic N) is 2. The maximum atomic E-state index is 6.07. The zero-order chi connectivity index (χ0) is 16.4. The van der Waals surface area contributed by atoms with Crippen LogP contribution in [-0.4, -0.2) is 34.7 Å². The van der Waals surface area contributed by atoms with E-state index in [0.717, 1.165) is 17.1 Å². The monoisotopic (exact) mass is 337 g/mol. The Hall–Kier alpha value is -2.10. The van der Waals surface area contributed by atoms with Crippen molar-refractivity contribution in [3.05, 3.63) is 77.1 Å². The van der Waals surface area contributed by atoms with E-state index in [-0.39, 0.29) is 0 Å². The topological polar surface area (TPSA) is 31.9 Å². The molecule has 0 radical (unpaired) electrons. The van der Waals surface area contributed by atoms with Crippen molar-refractivity contribution in [3.63, 3.8) is 0 Å². The number of nitrogens with one attached hydrogen (secondary N) is 1. The Morgan fingerprint density at radius 3 is 2.17 bits per heavy atom. The van der Waals surface area contributed by atoms with Gasteiger partial charge in [-0.05, 0) is 48.3 Å². The van der Waals surface area contributed by atoms with Crippen LogP contribution < -0.4 is 0 Å². The fourth-order valence-corrected chi connectivity index (χ4v) is 3.36. The molecule has 0 amide bonds. The van der Waals surface area contributed by atoms with Gasteiger partial charge in [-0.3, -0.25) is 5.10 Å². The number of rotatable bonds is 5. The van der Waals surface area contributed by atoms with E-state index < -0.39 is 0 Å². The number of H-pyrrole nitrogens is 1. The van der Waals surface area contributed by atoms with Gasteiger partial charge in [-0.2, -0.15) is 5.10 Å². The maximum absolute atomic E-state index is 6.07. The third-order valence-corrected chi connectivity index (χ3v) is 5.06. The SMILES string of the molecule is Clc1ccc(C(CN2CCC2)c2ccc(-c3cn[nH]c3)cc2)cc1. The van der Waals surface area contributed by atoms with Gasteiger partial charge in [0.05, 0.1) is 6.20 Å².